The maximum Gasteiger partial charge on any atom is 0.321 e. The summed E-state index contributed by atoms with van der Waals surface area (Å²) in [5, 5.41) is 6.62. The number of rotatable bonds is 6. The van der Waals surface area contributed by atoms with Crippen LogP contribution in [-0.4, -0.2) is 25.5 Å². The molecule has 0 aliphatic rings. The van der Waals surface area contributed by atoms with Crippen LogP contribution in [0.3, 0.4) is 0 Å². The summed E-state index contributed by atoms with van der Waals surface area (Å²) in [5.41, 5.74) is 2.51. The fourth-order valence-corrected chi connectivity index (χ4v) is 2.24. The van der Waals surface area contributed by atoms with Crippen LogP contribution in [0, 0.1) is 5.92 Å². The molecule has 5 nitrogen and oxygen atoms in total. The van der Waals surface area contributed by atoms with Gasteiger partial charge in [-0.25, -0.2) is 4.79 Å². The molecule has 0 heterocycles. The number of urea groups is 1. The molecule has 0 radical (unpaired) electrons. The number of hydrogen-bond acceptors (Lipinski definition) is 2. The van der Waals surface area contributed by atoms with Gasteiger partial charge in [0.15, 0.2) is 6.54 Å². The van der Waals surface area contributed by atoms with Crippen molar-refractivity contribution in [2.24, 2.45) is 5.92 Å². The second kappa shape index (κ2) is 8.42. The predicted octanol–water partition coefficient (Wildman–Crippen LogP) is 0.965. The van der Waals surface area contributed by atoms with E-state index in [-0.39, 0.29) is 18.5 Å². The van der Waals surface area contributed by atoms with Crippen molar-refractivity contribution in [2.45, 2.75) is 33.2 Å². The van der Waals surface area contributed by atoms with Crippen molar-refractivity contribution in [3.8, 4) is 0 Å². The maximum atomic E-state index is 11.7. The van der Waals surface area contributed by atoms with Gasteiger partial charge in [0.05, 0.1) is 0 Å². The molecule has 0 spiro atoms. The van der Waals surface area contributed by atoms with Gasteiger partial charge in [-0.3, -0.25) is 10.1 Å². The fraction of sp³-hybridized carbons (Fsp3) is 0.500. The first kappa shape index (κ1) is 17.2. The van der Waals surface area contributed by atoms with Crippen LogP contribution in [-0.2, 0) is 11.2 Å². The number of amides is 3. The van der Waals surface area contributed by atoms with Crippen molar-refractivity contribution in [1.29, 1.82) is 0 Å². The molecule has 1 aromatic rings. The number of benzene rings is 1. The summed E-state index contributed by atoms with van der Waals surface area (Å²) in [7, 11) is 1.48. The van der Waals surface area contributed by atoms with Crippen LogP contribution >= 0.6 is 0 Å². The van der Waals surface area contributed by atoms with Crippen molar-refractivity contribution in [1.82, 2.24) is 10.6 Å². The minimum atomic E-state index is -0.471. The number of quaternary nitrogens is 1. The van der Waals surface area contributed by atoms with E-state index >= 15 is 0 Å². The Morgan fingerprint density at radius 1 is 1.19 bits per heavy atom. The molecule has 0 aliphatic heterocycles. The Kier molecular flexibility index (Phi) is 6.88. The van der Waals surface area contributed by atoms with E-state index in [0.717, 1.165) is 6.42 Å². The average molecular weight is 292 g/mol. The summed E-state index contributed by atoms with van der Waals surface area (Å²) >= 11 is 0. The molecule has 0 bridgehead atoms. The lowest BCUT2D eigenvalue weighted by Crippen LogP contribution is -2.88. The van der Waals surface area contributed by atoms with Gasteiger partial charge in [0.2, 0.25) is 0 Å². The summed E-state index contributed by atoms with van der Waals surface area (Å²) in [4.78, 5) is 22.8. The number of hydrogen-bond donors (Lipinski definition) is 3. The highest BCUT2D eigenvalue weighted by Gasteiger charge is 2.20. The molecule has 1 rings (SSSR count). The maximum absolute atomic E-state index is 11.7. The van der Waals surface area contributed by atoms with E-state index in [1.165, 1.54) is 18.2 Å². The molecule has 4 N–H and O–H groups in total. The molecule has 3 amide bonds. The molecule has 0 saturated carbocycles. The number of nitrogens with one attached hydrogen (secondary N) is 2. The van der Waals surface area contributed by atoms with Gasteiger partial charge in [-0.2, -0.15) is 0 Å². The summed E-state index contributed by atoms with van der Waals surface area (Å²) < 4.78 is 0. The van der Waals surface area contributed by atoms with Crippen molar-refractivity contribution in [3.05, 3.63) is 35.4 Å². The largest absolute Gasteiger partial charge is 0.341 e. The zero-order valence-electron chi connectivity index (χ0n) is 13.3. The summed E-state index contributed by atoms with van der Waals surface area (Å²) in [5.74, 6) is 0.107. The van der Waals surface area contributed by atoms with E-state index < -0.39 is 6.03 Å². The van der Waals surface area contributed by atoms with E-state index in [4.69, 9.17) is 0 Å². The van der Waals surface area contributed by atoms with Gasteiger partial charge < -0.3 is 10.6 Å². The van der Waals surface area contributed by atoms with Crippen LogP contribution in [0.1, 0.15) is 37.9 Å². The Hall–Kier alpha value is -1.88. The molecule has 5 heteroatoms. The van der Waals surface area contributed by atoms with Crippen LogP contribution in [0.5, 0.6) is 0 Å². The zero-order valence-corrected chi connectivity index (χ0v) is 13.3. The molecule has 0 fully saturated rings. The number of aryl methyl sites for hydroxylation is 1. The SMILES string of the molecule is CCc1ccc([C@@H]([NH2+]CC(=O)NC(=O)NC)C(C)C)cc1. The first-order valence-corrected chi connectivity index (χ1v) is 7.41. The Balaban J connectivity index is 2.65. The first-order valence-electron chi connectivity index (χ1n) is 7.41. The second-order valence-electron chi connectivity index (χ2n) is 5.43. The molecular formula is C16H26N3O2+. The fourth-order valence-electron chi connectivity index (χ4n) is 2.24. The van der Waals surface area contributed by atoms with Gasteiger partial charge in [0, 0.05) is 18.5 Å². The van der Waals surface area contributed by atoms with Gasteiger partial charge in [0.1, 0.15) is 6.04 Å². The minimum absolute atomic E-state index is 0.200. The molecule has 0 aromatic heterocycles. The highest BCUT2D eigenvalue weighted by Crippen LogP contribution is 2.18. The molecule has 0 saturated heterocycles. The van der Waals surface area contributed by atoms with E-state index in [0.29, 0.717) is 5.92 Å². The van der Waals surface area contributed by atoms with Crippen LogP contribution in [0.15, 0.2) is 24.3 Å². The molecule has 116 valence electrons. The third-order valence-corrected chi connectivity index (χ3v) is 3.53. The number of carbonyl (C=O) groups excluding carboxylic acids is 2. The summed E-state index contributed by atoms with van der Waals surface area (Å²) in [6.07, 6.45) is 1.02. The Morgan fingerprint density at radius 2 is 1.81 bits per heavy atom. The molecule has 0 aliphatic carbocycles. The van der Waals surface area contributed by atoms with Gasteiger partial charge in [-0.05, 0) is 12.0 Å². The van der Waals surface area contributed by atoms with Gasteiger partial charge in [-0.15, -0.1) is 0 Å². The first-order chi connectivity index (χ1) is 9.97. The summed E-state index contributed by atoms with van der Waals surface area (Å²) in [6, 6.07) is 8.23. The summed E-state index contributed by atoms with van der Waals surface area (Å²) in [6.45, 7) is 6.62. The van der Waals surface area contributed by atoms with Crippen molar-refractivity contribution < 1.29 is 14.9 Å². The van der Waals surface area contributed by atoms with E-state index in [2.05, 4.69) is 55.7 Å². The minimum Gasteiger partial charge on any atom is -0.341 e. The zero-order chi connectivity index (χ0) is 15.8. The Labute approximate surface area is 126 Å². The monoisotopic (exact) mass is 292 g/mol. The van der Waals surface area contributed by atoms with Crippen LogP contribution in [0.2, 0.25) is 0 Å². The number of imide groups is 1. The molecular weight excluding hydrogens is 266 g/mol. The lowest BCUT2D eigenvalue weighted by Gasteiger charge is -2.19. The molecule has 1 aromatic carbocycles. The van der Waals surface area contributed by atoms with Crippen molar-refractivity contribution >= 4 is 11.9 Å². The van der Waals surface area contributed by atoms with E-state index in [9.17, 15) is 9.59 Å². The van der Waals surface area contributed by atoms with Crippen LogP contribution in [0.25, 0.3) is 0 Å². The predicted molar refractivity (Wildman–Crippen MR) is 82.8 cm³/mol. The van der Waals surface area contributed by atoms with E-state index in [1.54, 1.807) is 0 Å². The lowest BCUT2D eigenvalue weighted by molar-refractivity contribution is -0.692. The smallest absolute Gasteiger partial charge is 0.321 e. The third kappa shape index (κ3) is 5.55. The highest BCUT2D eigenvalue weighted by molar-refractivity contribution is 5.94. The van der Waals surface area contributed by atoms with E-state index in [1.807, 2.05) is 5.32 Å². The third-order valence-electron chi connectivity index (χ3n) is 3.53. The van der Waals surface area contributed by atoms with Crippen molar-refractivity contribution in [2.75, 3.05) is 13.6 Å². The number of nitrogens with two attached hydrogens (primary N) is 1. The second-order valence-corrected chi connectivity index (χ2v) is 5.43. The quantitative estimate of drug-likeness (QED) is 0.731. The van der Waals surface area contributed by atoms with Gasteiger partial charge in [0.25, 0.3) is 5.91 Å². The van der Waals surface area contributed by atoms with Crippen molar-refractivity contribution in [3.63, 3.8) is 0 Å². The highest BCUT2D eigenvalue weighted by atomic mass is 16.2. The standard InChI is InChI=1S/C16H25N3O2/c1-5-12-6-8-13(9-7-12)15(11(2)3)18-10-14(20)19-16(21)17-4/h6-9,11,15,18H,5,10H2,1-4H3,(H2,17,19,20,21)/p+1/t15-/m0/s1. The number of carbonyl (C=O) groups is 2. The Morgan fingerprint density at radius 3 is 2.29 bits per heavy atom. The normalized spacial score (nSPS) is 12.0. The lowest BCUT2D eigenvalue weighted by atomic mass is 9.95. The molecule has 21 heavy (non-hydrogen) atoms. The van der Waals surface area contributed by atoms with Gasteiger partial charge >= 0.3 is 6.03 Å². The van der Waals surface area contributed by atoms with Crippen LogP contribution in [0.4, 0.5) is 4.79 Å². The van der Waals surface area contributed by atoms with Gasteiger partial charge in [-0.1, -0.05) is 45.0 Å². The Bertz CT molecular complexity index is 469. The topological polar surface area (TPSA) is 74.8 Å². The average Bonchev–Trinajstić information content (AvgIpc) is 2.47. The molecule has 0 unspecified atom stereocenters. The molecule has 1 atom stereocenters. The van der Waals surface area contributed by atoms with Crippen LogP contribution < -0.4 is 16.0 Å².